The van der Waals surface area contributed by atoms with Gasteiger partial charge in [-0.25, -0.2) is 19.6 Å². The highest BCUT2D eigenvalue weighted by atomic mass is 127. The standard InChI is InChI=1S/C23H17ClIN3O4/c24-20-19-18(25)11-28(21(19)27-12-26-20)15(9-13-5-1-3-7-16(13)22(29)30)10-14-6-2-4-8-17(14)23(31)32/h1-8,11-12,15H,9-10H2,(H,29,30)(H,31,32). The van der Waals surface area contributed by atoms with Crippen molar-refractivity contribution >= 4 is 57.2 Å². The summed E-state index contributed by atoms with van der Waals surface area (Å²) in [7, 11) is 0. The second-order valence-corrected chi connectivity index (χ2v) is 8.75. The lowest BCUT2D eigenvalue weighted by atomic mass is 9.93. The third kappa shape index (κ3) is 4.33. The van der Waals surface area contributed by atoms with Crippen LogP contribution in [0.1, 0.15) is 37.9 Å². The molecule has 0 bridgehead atoms. The van der Waals surface area contributed by atoms with Gasteiger partial charge in [-0.1, -0.05) is 48.0 Å². The number of fused-ring (bicyclic) bond motifs is 1. The van der Waals surface area contributed by atoms with Crippen molar-refractivity contribution < 1.29 is 19.8 Å². The molecule has 9 heteroatoms. The molecule has 2 aromatic heterocycles. The Hall–Kier alpha value is -2.98. The van der Waals surface area contributed by atoms with Crippen LogP contribution in [-0.2, 0) is 12.8 Å². The number of rotatable bonds is 7. The lowest BCUT2D eigenvalue weighted by molar-refractivity contribution is 0.0685. The van der Waals surface area contributed by atoms with Crippen LogP contribution in [0.25, 0.3) is 11.0 Å². The first-order valence-electron chi connectivity index (χ1n) is 9.65. The zero-order chi connectivity index (χ0) is 22.8. The van der Waals surface area contributed by atoms with Crippen LogP contribution < -0.4 is 0 Å². The Bertz CT molecular complexity index is 1280. The van der Waals surface area contributed by atoms with E-state index >= 15 is 0 Å². The van der Waals surface area contributed by atoms with E-state index in [1.165, 1.54) is 6.33 Å². The fourth-order valence-electron chi connectivity index (χ4n) is 3.87. The van der Waals surface area contributed by atoms with Gasteiger partial charge in [-0.2, -0.15) is 0 Å². The van der Waals surface area contributed by atoms with E-state index in [1.54, 1.807) is 48.5 Å². The number of aromatic nitrogens is 3. The molecular weight excluding hydrogens is 545 g/mol. The third-order valence-electron chi connectivity index (χ3n) is 5.32. The first-order chi connectivity index (χ1) is 15.4. The molecule has 0 aliphatic carbocycles. The van der Waals surface area contributed by atoms with Gasteiger partial charge in [0.2, 0.25) is 0 Å². The van der Waals surface area contributed by atoms with Crippen LogP contribution in [0, 0.1) is 3.57 Å². The number of hydrogen-bond donors (Lipinski definition) is 2. The molecule has 0 radical (unpaired) electrons. The van der Waals surface area contributed by atoms with Crippen LogP contribution in [0.4, 0.5) is 0 Å². The first kappa shape index (κ1) is 22.2. The molecule has 0 aliphatic rings. The van der Waals surface area contributed by atoms with Gasteiger partial charge in [0, 0.05) is 15.8 Å². The molecule has 2 heterocycles. The zero-order valence-electron chi connectivity index (χ0n) is 16.6. The molecule has 0 amide bonds. The number of hydrogen-bond acceptors (Lipinski definition) is 4. The molecule has 0 fully saturated rings. The number of carbonyl (C=O) groups is 2. The summed E-state index contributed by atoms with van der Waals surface area (Å²) in [5, 5.41) is 20.3. The second-order valence-electron chi connectivity index (χ2n) is 7.23. The Morgan fingerprint density at radius 2 is 1.47 bits per heavy atom. The van der Waals surface area contributed by atoms with E-state index < -0.39 is 11.9 Å². The van der Waals surface area contributed by atoms with Gasteiger partial charge in [-0.05, 0) is 58.7 Å². The summed E-state index contributed by atoms with van der Waals surface area (Å²) in [5.74, 6) is -2.02. The quantitative estimate of drug-likeness (QED) is 0.240. The predicted octanol–water partition coefficient (Wildman–Crippen LogP) is 5.11. The van der Waals surface area contributed by atoms with Crippen molar-refractivity contribution in [1.82, 2.24) is 14.5 Å². The second kappa shape index (κ2) is 9.25. The van der Waals surface area contributed by atoms with Gasteiger partial charge in [0.05, 0.1) is 16.5 Å². The largest absolute Gasteiger partial charge is 0.478 e. The van der Waals surface area contributed by atoms with Gasteiger partial charge in [0.1, 0.15) is 17.1 Å². The van der Waals surface area contributed by atoms with E-state index in [2.05, 4.69) is 32.6 Å². The summed E-state index contributed by atoms with van der Waals surface area (Å²) in [6.07, 6.45) is 3.99. The molecule has 162 valence electrons. The Morgan fingerprint density at radius 3 is 2.00 bits per heavy atom. The minimum absolute atomic E-state index is 0.211. The normalized spacial score (nSPS) is 11.2. The zero-order valence-corrected chi connectivity index (χ0v) is 19.5. The van der Waals surface area contributed by atoms with Crippen LogP contribution in [0.15, 0.2) is 61.1 Å². The molecule has 0 saturated heterocycles. The van der Waals surface area contributed by atoms with Crippen LogP contribution >= 0.6 is 34.2 Å². The van der Waals surface area contributed by atoms with Crippen LogP contribution in [-0.4, -0.2) is 36.7 Å². The Morgan fingerprint density at radius 1 is 0.938 bits per heavy atom. The summed E-state index contributed by atoms with van der Waals surface area (Å²) in [5.41, 5.74) is 2.33. The molecule has 2 aromatic carbocycles. The Kier molecular flexibility index (Phi) is 6.43. The van der Waals surface area contributed by atoms with Crippen LogP contribution in [0.2, 0.25) is 5.15 Å². The summed E-state index contributed by atoms with van der Waals surface area (Å²) >= 11 is 8.47. The van der Waals surface area contributed by atoms with Gasteiger partial charge in [0.25, 0.3) is 0 Å². The van der Waals surface area contributed by atoms with Gasteiger partial charge in [0.15, 0.2) is 0 Å². The number of nitrogens with zero attached hydrogens (tertiary/aromatic N) is 3. The molecule has 0 unspecified atom stereocenters. The third-order valence-corrected chi connectivity index (χ3v) is 6.42. The lowest BCUT2D eigenvalue weighted by Gasteiger charge is -2.22. The fraction of sp³-hybridized carbons (Fsp3) is 0.130. The Balaban J connectivity index is 1.86. The maximum Gasteiger partial charge on any atom is 0.335 e. The maximum atomic E-state index is 11.8. The minimum atomic E-state index is -1.01. The highest BCUT2D eigenvalue weighted by molar-refractivity contribution is 14.1. The predicted molar refractivity (Wildman–Crippen MR) is 129 cm³/mol. The van der Waals surface area contributed by atoms with E-state index in [-0.39, 0.29) is 17.2 Å². The monoisotopic (exact) mass is 561 g/mol. The van der Waals surface area contributed by atoms with Crippen LogP contribution in [0.3, 0.4) is 0 Å². The average Bonchev–Trinajstić information content (AvgIpc) is 3.11. The first-order valence-corrected chi connectivity index (χ1v) is 11.1. The molecular formula is C23H17ClIN3O4. The smallest absolute Gasteiger partial charge is 0.335 e. The molecule has 0 atom stereocenters. The van der Waals surface area contributed by atoms with Crippen molar-refractivity contribution in [2.75, 3.05) is 0 Å². The molecule has 0 aliphatic heterocycles. The van der Waals surface area contributed by atoms with E-state index in [9.17, 15) is 19.8 Å². The van der Waals surface area contributed by atoms with Crippen molar-refractivity contribution in [2.45, 2.75) is 18.9 Å². The number of carboxylic acids is 2. The van der Waals surface area contributed by atoms with E-state index in [0.717, 1.165) is 3.57 Å². The minimum Gasteiger partial charge on any atom is -0.478 e. The Labute approximate surface area is 201 Å². The van der Waals surface area contributed by atoms with Gasteiger partial charge in [-0.3, -0.25) is 0 Å². The average molecular weight is 562 g/mol. The summed E-state index contributed by atoms with van der Waals surface area (Å²) in [4.78, 5) is 32.0. The van der Waals surface area contributed by atoms with E-state index in [0.29, 0.717) is 40.2 Å². The summed E-state index contributed by atoms with van der Waals surface area (Å²) in [6.45, 7) is 0. The van der Waals surface area contributed by atoms with Crippen molar-refractivity contribution in [1.29, 1.82) is 0 Å². The maximum absolute atomic E-state index is 11.8. The molecule has 7 nitrogen and oxygen atoms in total. The summed E-state index contributed by atoms with van der Waals surface area (Å²) in [6, 6.07) is 13.3. The van der Waals surface area contributed by atoms with Crippen molar-refractivity contribution in [3.05, 3.63) is 92.0 Å². The summed E-state index contributed by atoms with van der Waals surface area (Å²) < 4.78 is 2.79. The van der Waals surface area contributed by atoms with Gasteiger partial charge in [-0.15, -0.1) is 0 Å². The van der Waals surface area contributed by atoms with Crippen molar-refractivity contribution in [3.63, 3.8) is 0 Å². The molecule has 4 rings (SSSR count). The van der Waals surface area contributed by atoms with E-state index in [1.807, 2.05) is 10.8 Å². The highest BCUT2D eigenvalue weighted by Crippen LogP contribution is 2.32. The van der Waals surface area contributed by atoms with Crippen molar-refractivity contribution in [2.24, 2.45) is 0 Å². The molecule has 4 aromatic rings. The van der Waals surface area contributed by atoms with E-state index in [4.69, 9.17) is 11.6 Å². The molecule has 2 N–H and O–H groups in total. The molecule has 0 spiro atoms. The van der Waals surface area contributed by atoms with Crippen LogP contribution in [0.5, 0.6) is 0 Å². The number of carboxylic acid groups (broad SMARTS) is 2. The lowest BCUT2D eigenvalue weighted by Crippen LogP contribution is -2.18. The SMILES string of the molecule is O=C(O)c1ccccc1CC(Cc1ccccc1C(=O)O)n1cc(I)c2c(Cl)ncnc21. The number of aromatic carboxylic acids is 2. The fourth-order valence-corrected chi connectivity index (χ4v) is 5.06. The topological polar surface area (TPSA) is 105 Å². The number of halogens is 2. The van der Waals surface area contributed by atoms with Crippen molar-refractivity contribution in [3.8, 4) is 0 Å². The highest BCUT2D eigenvalue weighted by Gasteiger charge is 2.23. The molecule has 0 saturated carbocycles. The van der Waals surface area contributed by atoms with Gasteiger partial charge < -0.3 is 14.8 Å². The molecule has 32 heavy (non-hydrogen) atoms. The van der Waals surface area contributed by atoms with Gasteiger partial charge >= 0.3 is 11.9 Å². The number of benzene rings is 2.